The summed E-state index contributed by atoms with van der Waals surface area (Å²) in [7, 11) is 0. The third-order valence-corrected chi connectivity index (χ3v) is 2.48. The summed E-state index contributed by atoms with van der Waals surface area (Å²) in [4.78, 5) is 51.6. The van der Waals surface area contributed by atoms with Gasteiger partial charge in [0, 0.05) is 12.1 Å². The van der Waals surface area contributed by atoms with Crippen LogP contribution in [0.2, 0.25) is 5.15 Å². The molecule has 0 radical (unpaired) electrons. The Morgan fingerprint density at radius 3 is 2.67 bits per heavy atom. The zero-order valence-electron chi connectivity index (χ0n) is 10.0. The number of nitrogens with one attached hydrogen (secondary N) is 3. The molecule has 0 saturated heterocycles. The van der Waals surface area contributed by atoms with Crippen molar-refractivity contribution in [3.63, 3.8) is 0 Å². The summed E-state index contributed by atoms with van der Waals surface area (Å²) < 4.78 is 0. The molecule has 2 aromatic heterocycles. The molecule has 21 heavy (non-hydrogen) atoms. The molecule has 0 aliphatic carbocycles. The van der Waals surface area contributed by atoms with E-state index in [1.807, 2.05) is 4.98 Å². The van der Waals surface area contributed by atoms with E-state index in [0.717, 1.165) is 12.1 Å². The van der Waals surface area contributed by atoms with Crippen LogP contribution in [-0.4, -0.2) is 25.8 Å². The van der Waals surface area contributed by atoms with E-state index in [4.69, 9.17) is 11.6 Å². The molecule has 10 nitrogen and oxygen atoms in total. The molecule has 0 bridgehead atoms. The topological polar surface area (TPSA) is 151 Å². The molecule has 2 rings (SSSR count). The first-order valence-corrected chi connectivity index (χ1v) is 5.70. The lowest BCUT2D eigenvalue weighted by Crippen LogP contribution is -2.27. The van der Waals surface area contributed by atoms with E-state index in [0.29, 0.717) is 0 Å². The van der Waals surface area contributed by atoms with Crippen molar-refractivity contribution in [3.05, 3.63) is 60.0 Å². The average Bonchev–Trinajstić information content (AvgIpc) is 2.37. The highest BCUT2D eigenvalue weighted by atomic mass is 35.5. The number of halogens is 1. The molecule has 2 aromatic rings. The van der Waals surface area contributed by atoms with Crippen molar-refractivity contribution in [1.29, 1.82) is 0 Å². The van der Waals surface area contributed by atoms with Gasteiger partial charge < -0.3 is 4.98 Å². The van der Waals surface area contributed by atoms with Crippen LogP contribution >= 0.6 is 11.6 Å². The normalized spacial score (nSPS) is 10.1. The Balaban J connectivity index is 2.40. The van der Waals surface area contributed by atoms with Gasteiger partial charge in [-0.15, -0.1) is 0 Å². The number of hydrogen-bond acceptors (Lipinski definition) is 6. The number of hydrogen-bond donors (Lipinski definition) is 3. The zero-order chi connectivity index (χ0) is 15.6. The molecule has 0 aromatic carbocycles. The molecular weight excluding hydrogens is 306 g/mol. The van der Waals surface area contributed by atoms with Gasteiger partial charge in [-0.2, -0.15) is 0 Å². The summed E-state index contributed by atoms with van der Waals surface area (Å²) in [5.41, 5.74) is -2.54. The summed E-state index contributed by atoms with van der Waals surface area (Å²) in [6.07, 6.45) is 0. The molecule has 0 unspecified atom stereocenters. The van der Waals surface area contributed by atoms with Gasteiger partial charge in [0.25, 0.3) is 11.5 Å². The molecular formula is C10H6ClN5O5. The smallest absolute Gasteiger partial charge is 0.303 e. The quantitative estimate of drug-likeness (QED) is 0.420. The van der Waals surface area contributed by atoms with Crippen molar-refractivity contribution in [2.24, 2.45) is 0 Å². The number of amides is 1. The van der Waals surface area contributed by atoms with Crippen LogP contribution in [0, 0.1) is 10.1 Å². The van der Waals surface area contributed by atoms with Crippen LogP contribution in [-0.2, 0) is 0 Å². The van der Waals surface area contributed by atoms with Crippen molar-refractivity contribution in [2.45, 2.75) is 0 Å². The van der Waals surface area contributed by atoms with Gasteiger partial charge in [0.1, 0.15) is 10.8 Å². The third-order valence-electron chi connectivity index (χ3n) is 2.27. The average molecular weight is 312 g/mol. The minimum Gasteiger partial charge on any atom is -0.303 e. The van der Waals surface area contributed by atoms with Gasteiger partial charge in [0.2, 0.25) is 5.82 Å². The molecule has 3 N–H and O–H groups in total. The number of rotatable bonds is 3. The Hall–Kier alpha value is -3.01. The molecule has 0 spiro atoms. The van der Waals surface area contributed by atoms with Crippen LogP contribution in [0.15, 0.2) is 27.8 Å². The van der Waals surface area contributed by atoms with E-state index < -0.39 is 33.6 Å². The molecule has 2 heterocycles. The van der Waals surface area contributed by atoms with Crippen LogP contribution in [0.25, 0.3) is 0 Å². The highest BCUT2D eigenvalue weighted by molar-refractivity contribution is 6.29. The number of anilines is 1. The Morgan fingerprint density at radius 1 is 1.33 bits per heavy atom. The molecule has 0 aliphatic rings. The standard InChI is InChI=1S/C10H6ClN5O5/c11-6-2-1-5(16(20)21)8(13-6)15-9(18)4-3-7(17)14-10(19)12-4/h1-3H,(H,13,15,18)(H2,12,14,17,19). The number of nitro groups is 1. The van der Waals surface area contributed by atoms with Crippen molar-refractivity contribution in [1.82, 2.24) is 15.0 Å². The number of pyridine rings is 1. The Bertz CT molecular complexity index is 814. The van der Waals surface area contributed by atoms with Crippen molar-refractivity contribution in [2.75, 3.05) is 5.32 Å². The van der Waals surface area contributed by atoms with Crippen LogP contribution in [0.5, 0.6) is 0 Å². The van der Waals surface area contributed by atoms with Gasteiger partial charge >= 0.3 is 11.4 Å². The molecule has 0 atom stereocenters. The highest BCUT2D eigenvalue weighted by Gasteiger charge is 2.19. The van der Waals surface area contributed by atoms with Crippen LogP contribution in [0.1, 0.15) is 10.5 Å². The second-order valence-corrected chi connectivity index (χ2v) is 4.10. The van der Waals surface area contributed by atoms with Crippen molar-refractivity contribution in [3.8, 4) is 0 Å². The van der Waals surface area contributed by atoms with Crippen LogP contribution < -0.4 is 16.6 Å². The second kappa shape index (κ2) is 5.54. The van der Waals surface area contributed by atoms with Crippen molar-refractivity contribution >= 4 is 29.0 Å². The molecule has 0 saturated carbocycles. The summed E-state index contributed by atoms with van der Waals surface area (Å²) in [6, 6.07) is 3.07. The van der Waals surface area contributed by atoms with E-state index >= 15 is 0 Å². The monoisotopic (exact) mass is 311 g/mol. The second-order valence-electron chi connectivity index (χ2n) is 3.71. The maximum atomic E-state index is 11.9. The fraction of sp³-hybridized carbons (Fsp3) is 0. The predicted octanol–water partition coefficient (Wildman–Crippen LogP) is 0.272. The highest BCUT2D eigenvalue weighted by Crippen LogP contribution is 2.24. The fourth-order valence-corrected chi connectivity index (χ4v) is 1.58. The number of aromatic nitrogens is 3. The largest absolute Gasteiger partial charge is 0.326 e. The first-order chi connectivity index (χ1) is 9.86. The summed E-state index contributed by atoms with van der Waals surface area (Å²) in [5, 5.41) is 12.8. The fourth-order valence-electron chi connectivity index (χ4n) is 1.43. The summed E-state index contributed by atoms with van der Waals surface area (Å²) >= 11 is 5.60. The van der Waals surface area contributed by atoms with Gasteiger partial charge in [-0.3, -0.25) is 30.0 Å². The molecule has 1 amide bonds. The van der Waals surface area contributed by atoms with Crippen LogP contribution in [0.3, 0.4) is 0 Å². The predicted molar refractivity (Wildman–Crippen MR) is 71.5 cm³/mol. The first kappa shape index (κ1) is 14.4. The lowest BCUT2D eigenvalue weighted by molar-refractivity contribution is -0.384. The van der Waals surface area contributed by atoms with Gasteiger partial charge in [0.15, 0.2) is 0 Å². The van der Waals surface area contributed by atoms with Gasteiger partial charge in [-0.1, -0.05) is 11.6 Å². The van der Waals surface area contributed by atoms with E-state index in [9.17, 15) is 24.5 Å². The zero-order valence-corrected chi connectivity index (χ0v) is 10.8. The SMILES string of the molecule is O=C(Nc1nc(Cl)ccc1[N+](=O)[O-])c1cc(=O)[nH]c(=O)[nH]1. The lowest BCUT2D eigenvalue weighted by Gasteiger charge is -2.05. The number of nitrogens with zero attached hydrogens (tertiary/aromatic N) is 2. The molecule has 108 valence electrons. The summed E-state index contributed by atoms with van der Waals surface area (Å²) in [5.74, 6) is -1.35. The van der Waals surface area contributed by atoms with E-state index in [-0.39, 0.29) is 10.8 Å². The van der Waals surface area contributed by atoms with Gasteiger partial charge in [-0.05, 0) is 6.07 Å². The lowest BCUT2D eigenvalue weighted by atomic mass is 10.3. The van der Waals surface area contributed by atoms with Gasteiger partial charge in [0.05, 0.1) is 4.92 Å². The number of H-pyrrole nitrogens is 2. The maximum Gasteiger partial charge on any atom is 0.326 e. The Labute approximate surface area is 120 Å². The van der Waals surface area contributed by atoms with E-state index in [1.165, 1.54) is 6.07 Å². The molecule has 11 heteroatoms. The Morgan fingerprint density at radius 2 is 2.05 bits per heavy atom. The minimum absolute atomic E-state index is 0.0738. The number of carbonyl (C=O) groups is 1. The summed E-state index contributed by atoms with van der Waals surface area (Å²) in [6.45, 7) is 0. The van der Waals surface area contributed by atoms with Gasteiger partial charge in [-0.25, -0.2) is 9.78 Å². The van der Waals surface area contributed by atoms with E-state index in [2.05, 4.69) is 15.3 Å². The van der Waals surface area contributed by atoms with Crippen molar-refractivity contribution < 1.29 is 9.72 Å². The maximum absolute atomic E-state index is 11.9. The van der Waals surface area contributed by atoms with Crippen LogP contribution in [0.4, 0.5) is 11.5 Å². The first-order valence-electron chi connectivity index (χ1n) is 5.33. The minimum atomic E-state index is -0.948. The molecule has 0 aliphatic heterocycles. The Kier molecular flexibility index (Phi) is 3.80. The number of carbonyl (C=O) groups excluding carboxylic acids is 1. The third kappa shape index (κ3) is 3.30. The molecule has 0 fully saturated rings. The number of aromatic amines is 2. The van der Waals surface area contributed by atoms with E-state index in [1.54, 1.807) is 0 Å².